The first-order chi connectivity index (χ1) is 16.5. The molecule has 1 amide bonds. The van der Waals surface area contributed by atoms with E-state index in [1.807, 2.05) is 29.6 Å². The fourth-order valence-electron chi connectivity index (χ4n) is 4.19. The van der Waals surface area contributed by atoms with E-state index in [0.29, 0.717) is 36.9 Å². The van der Waals surface area contributed by atoms with Gasteiger partial charge in [0.15, 0.2) is 0 Å². The Morgan fingerprint density at radius 1 is 1.06 bits per heavy atom. The van der Waals surface area contributed by atoms with E-state index in [0.717, 1.165) is 35.8 Å². The second-order valence-electron chi connectivity index (χ2n) is 8.69. The smallest absolute Gasteiger partial charge is 0.270 e. The highest BCUT2D eigenvalue weighted by Gasteiger charge is 2.16. The van der Waals surface area contributed by atoms with Crippen LogP contribution in [0.1, 0.15) is 45.9 Å². The van der Waals surface area contributed by atoms with Crippen molar-refractivity contribution in [2.24, 2.45) is 0 Å². The fourth-order valence-corrected chi connectivity index (χ4v) is 5.22. The normalized spacial score (nSPS) is 14.4. The van der Waals surface area contributed by atoms with E-state index in [-0.39, 0.29) is 11.7 Å². The monoisotopic (exact) mass is 500 g/mol. The zero-order valence-electron chi connectivity index (χ0n) is 19.2. The van der Waals surface area contributed by atoms with Crippen LogP contribution in [0.5, 0.6) is 0 Å². The van der Waals surface area contributed by atoms with Gasteiger partial charge in [-0.1, -0.05) is 42.3 Å². The molecule has 180 valence electrons. The summed E-state index contributed by atoms with van der Waals surface area (Å²) in [4.78, 5) is 21.8. The average molecular weight is 501 g/mol. The van der Waals surface area contributed by atoms with E-state index < -0.39 is 0 Å². The van der Waals surface area contributed by atoms with Gasteiger partial charge in [0.1, 0.15) is 16.5 Å². The molecule has 1 aromatic heterocycles. The molecule has 1 aliphatic rings. The third-order valence-electron chi connectivity index (χ3n) is 5.92. The highest BCUT2D eigenvalue weighted by molar-refractivity contribution is 7.09. The number of likely N-dealkylation sites (tertiary alicyclic amines) is 1. The number of nitrogens with one attached hydrogen (secondary N) is 1. The molecule has 1 saturated heterocycles. The van der Waals surface area contributed by atoms with Gasteiger partial charge in [-0.15, -0.1) is 11.3 Å². The van der Waals surface area contributed by atoms with Crippen molar-refractivity contribution < 1.29 is 9.18 Å². The number of amides is 1. The number of hydrogen-bond donors (Lipinski definition) is 1. The molecule has 0 unspecified atom stereocenters. The molecule has 0 atom stereocenters. The van der Waals surface area contributed by atoms with Gasteiger partial charge in [-0.05, 0) is 61.3 Å². The van der Waals surface area contributed by atoms with Crippen molar-refractivity contribution in [2.75, 3.05) is 26.2 Å². The maximum absolute atomic E-state index is 13.4. The molecule has 5 nitrogen and oxygen atoms in total. The lowest BCUT2D eigenvalue weighted by Crippen LogP contribution is -2.37. The lowest BCUT2D eigenvalue weighted by atomic mass is 10.1. The maximum atomic E-state index is 13.4. The first-order valence-electron chi connectivity index (χ1n) is 11.7. The Morgan fingerprint density at radius 3 is 2.59 bits per heavy atom. The van der Waals surface area contributed by atoms with Crippen molar-refractivity contribution in [3.8, 4) is 0 Å². The van der Waals surface area contributed by atoms with E-state index in [1.165, 1.54) is 42.7 Å². The van der Waals surface area contributed by atoms with Gasteiger partial charge >= 0.3 is 0 Å². The summed E-state index contributed by atoms with van der Waals surface area (Å²) in [6, 6.07) is 14.3. The van der Waals surface area contributed by atoms with Gasteiger partial charge in [-0.2, -0.15) is 0 Å². The second-order valence-corrected chi connectivity index (χ2v) is 10.1. The molecule has 8 heteroatoms. The standard InChI is InChI=1S/C26H30ClFN4OS/c27-22-6-4-5-21(15-22)17-32(16-20-7-9-23(28)10-8-20)18-25-30-24(19-34-25)26(33)29-11-14-31-12-2-1-3-13-31/h4-10,15,19H,1-3,11-14,16-18H2,(H,29,33). The Morgan fingerprint density at radius 2 is 1.82 bits per heavy atom. The molecule has 2 aromatic carbocycles. The topological polar surface area (TPSA) is 48.5 Å². The summed E-state index contributed by atoms with van der Waals surface area (Å²) in [7, 11) is 0. The van der Waals surface area contributed by atoms with Crippen molar-refractivity contribution in [1.29, 1.82) is 0 Å². The summed E-state index contributed by atoms with van der Waals surface area (Å²) in [6.07, 6.45) is 3.79. The van der Waals surface area contributed by atoms with Crippen LogP contribution in [0.25, 0.3) is 0 Å². The summed E-state index contributed by atoms with van der Waals surface area (Å²) in [5, 5.41) is 6.38. The largest absolute Gasteiger partial charge is 0.349 e. The summed E-state index contributed by atoms with van der Waals surface area (Å²) >= 11 is 7.66. The summed E-state index contributed by atoms with van der Waals surface area (Å²) < 4.78 is 13.4. The van der Waals surface area contributed by atoms with Gasteiger partial charge in [-0.3, -0.25) is 9.69 Å². The molecule has 0 radical (unpaired) electrons. The van der Waals surface area contributed by atoms with Gasteiger partial charge in [0.25, 0.3) is 5.91 Å². The SMILES string of the molecule is O=C(NCCN1CCCCC1)c1csc(CN(Cc2ccc(F)cc2)Cc2cccc(Cl)c2)n1. The number of benzene rings is 2. The quantitative estimate of drug-likeness (QED) is 0.407. The van der Waals surface area contributed by atoms with E-state index >= 15 is 0 Å². The first kappa shape index (κ1) is 24.8. The van der Waals surface area contributed by atoms with E-state index in [9.17, 15) is 9.18 Å². The van der Waals surface area contributed by atoms with Crippen LogP contribution >= 0.6 is 22.9 Å². The van der Waals surface area contributed by atoms with Crippen LogP contribution in [0.2, 0.25) is 5.02 Å². The molecule has 1 fully saturated rings. The van der Waals surface area contributed by atoms with Crippen molar-refractivity contribution in [1.82, 2.24) is 20.1 Å². The minimum absolute atomic E-state index is 0.126. The van der Waals surface area contributed by atoms with Gasteiger partial charge in [-0.25, -0.2) is 9.37 Å². The number of thiazole rings is 1. The number of hydrogen-bond acceptors (Lipinski definition) is 5. The number of nitrogens with zero attached hydrogens (tertiary/aromatic N) is 3. The van der Waals surface area contributed by atoms with Crippen molar-refractivity contribution in [3.05, 3.63) is 86.6 Å². The molecular weight excluding hydrogens is 471 g/mol. The van der Waals surface area contributed by atoms with Gasteiger partial charge in [0.05, 0.1) is 6.54 Å². The summed E-state index contributed by atoms with van der Waals surface area (Å²) in [6.45, 7) is 5.62. The fraction of sp³-hybridized carbons (Fsp3) is 0.385. The van der Waals surface area contributed by atoms with Crippen molar-refractivity contribution >= 4 is 28.8 Å². The molecule has 0 aliphatic carbocycles. The number of rotatable bonds is 10. The lowest BCUT2D eigenvalue weighted by molar-refractivity contribution is 0.0942. The molecular formula is C26H30ClFN4OS. The van der Waals surface area contributed by atoms with Gasteiger partial charge in [0.2, 0.25) is 0 Å². The highest BCUT2D eigenvalue weighted by atomic mass is 35.5. The zero-order valence-corrected chi connectivity index (χ0v) is 20.8. The maximum Gasteiger partial charge on any atom is 0.270 e. The van der Waals surface area contributed by atoms with Crippen LogP contribution in [-0.4, -0.2) is 46.9 Å². The minimum Gasteiger partial charge on any atom is -0.349 e. The highest BCUT2D eigenvalue weighted by Crippen LogP contribution is 2.19. The van der Waals surface area contributed by atoms with Crippen LogP contribution in [-0.2, 0) is 19.6 Å². The third-order valence-corrected chi connectivity index (χ3v) is 6.99. The summed E-state index contributed by atoms with van der Waals surface area (Å²) in [5.74, 6) is -0.375. The Labute approximate surface area is 209 Å². The van der Waals surface area contributed by atoms with Crippen LogP contribution in [0.15, 0.2) is 53.9 Å². The number of carbonyl (C=O) groups excluding carboxylic acids is 1. The third kappa shape index (κ3) is 7.60. The van der Waals surface area contributed by atoms with E-state index in [4.69, 9.17) is 11.6 Å². The molecule has 0 spiro atoms. The van der Waals surface area contributed by atoms with E-state index in [1.54, 1.807) is 12.1 Å². The second kappa shape index (κ2) is 12.4. The van der Waals surface area contributed by atoms with Crippen molar-refractivity contribution in [2.45, 2.75) is 38.9 Å². The number of piperidine rings is 1. The van der Waals surface area contributed by atoms with Crippen LogP contribution < -0.4 is 5.32 Å². The molecule has 1 aliphatic heterocycles. The van der Waals surface area contributed by atoms with E-state index in [2.05, 4.69) is 20.1 Å². The van der Waals surface area contributed by atoms with Gasteiger partial charge < -0.3 is 10.2 Å². The number of halogens is 2. The predicted molar refractivity (Wildman–Crippen MR) is 136 cm³/mol. The molecule has 0 saturated carbocycles. The van der Waals surface area contributed by atoms with Crippen molar-refractivity contribution in [3.63, 3.8) is 0 Å². The molecule has 2 heterocycles. The lowest BCUT2D eigenvalue weighted by Gasteiger charge is -2.26. The Bertz CT molecular complexity index is 1070. The summed E-state index contributed by atoms with van der Waals surface area (Å²) in [5.41, 5.74) is 2.56. The van der Waals surface area contributed by atoms with Crippen LogP contribution in [0, 0.1) is 5.82 Å². The zero-order chi connectivity index (χ0) is 23.8. The molecule has 1 N–H and O–H groups in total. The molecule has 34 heavy (non-hydrogen) atoms. The minimum atomic E-state index is -0.249. The van der Waals surface area contributed by atoms with Gasteiger partial charge in [0, 0.05) is 36.6 Å². The first-order valence-corrected chi connectivity index (χ1v) is 13.0. The molecule has 0 bridgehead atoms. The Hall–Kier alpha value is -2.32. The number of carbonyl (C=O) groups is 1. The Balaban J connectivity index is 1.37. The van der Waals surface area contributed by atoms with Crippen LogP contribution in [0.4, 0.5) is 4.39 Å². The Kier molecular flexibility index (Phi) is 9.04. The number of aromatic nitrogens is 1. The molecule has 3 aromatic rings. The predicted octanol–water partition coefficient (Wildman–Crippen LogP) is 5.35. The van der Waals surface area contributed by atoms with Crippen LogP contribution in [0.3, 0.4) is 0 Å². The molecule has 4 rings (SSSR count). The average Bonchev–Trinajstić information content (AvgIpc) is 3.30.